The van der Waals surface area contributed by atoms with Gasteiger partial charge in [-0.2, -0.15) is 0 Å². The van der Waals surface area contributed by atoms with Crippen molar-refractivity contribution in [2.75, 3.05) is 0 Å². The summed E-state index contributed by atoms with van der Waals surface area (Å²) in [7, 11) is 0. The number of ether oxygens (including phenoxy) is 1. The number of nitrogens with zero attached hydrogens (tertiary/aromatic N) is 1. The summed E-state index contributed by atoms with van der Waals surface area (Å²) in [6.07, 6.45) is 2.14. The predicted octanol–water partition coefficient (Wildman–Crippen LogP) is 7.03. The third-order valence-electron chi connectivity index (χ3n) is 4.61. The van der Waals surface area contributed by atoms with Gasteiger partial charge in [-0.15, -0.1) is 0 Å². The number of fused-ring (bicyclic) bond motifs is 1. The molecular weight excluding hydrogens is 366 g/mol. The molecule has 0 saturated heterocycles. The number of rotatable bonds is 5. The number of benzene rings is 3. The summed E-state index contributed by atoms with van der Waals surface area (Å²) in [5.41, 5.74) is 5.38. The fourth-order valence-electron chi connectivity index (χ4n) is 3.05. The average Bonchev–Trinajstić information content (AvgIpc) is 2.74. The van der Waals surface area contributed by atoms with Crippen molar-refractivity contribution in [1.82, 2.24) is 4.98 Å². The molecule has 0 spiro atoms. The topological polar surface area (TPSA) is 22.1 Å². The fraction of sp³-hybridized carbons (Fsp3) is 0.0800. The number of para-hydroxylation sites is 1. The van der Waals surface area contributed by atoms with Crippen molar-refractivity contribution < 1.29 is 4.74 Å². The first-order valence-corrected chi connectivity index (χ1v) is 9.57. The maximum atomic E-state index is 5.95. The summed E-state index contributed by atoms with van der Waals surface area (Å²) in [5.74, 6) is 0.831. The molecule has 0 N–H and O–H groups in total. The normalized spacial score (nSPS) is 11.6. The zero-order valence-electron chi connectivity index (χ0n) is 15.6. The van der Waals surface area contributed by atoms with E-state index in [-0.39, 0.29) is 0 Å². The number of hydrogen-bond acceptors (Lipinski definition) is 2. The van der Waals surface area contributed by atoms with E-state index in [1.54, 1.807) is 0 Å². The lowest BCUT2D eigenvalue weighted by Gasteiger charge is -2.08. The standard InChI is InChI=1S/C25H20ClNO/c1-18(16-19-6-11-22(26)12-7-19)20-9-14-24(15-10-20)28-17-23-13-8-21-4-2-3-5-25(21)27-23/h2-16H,17H2,1H3/b18-16-. The van der Waals surface area contributed by atoms with E-state index < -0.39 is 0 Å². The molecule has 3 heteroatoms. The summed E-state index contributed by atoms with van der Waals surface area (Å²) < 4.78 is 5.91. The Balaban J connectivity index is 1.43. The van der Waals surface area contributed by atoms with Gasteiger partial charge in [0.05, 0.1) is 11.2 Å². The molecule has 4 aromatic rings. The Hall–Kier alpha value is -3.10. The van der Waals surface area contributed by atoms with E-state index in [2.05, 4.69) is 42.2 Å². The van der Waals surface area contributed by atoms with E-state index in [1.165, 1.54) is 5.57 Å². The van der Waals surface area contributed by atoms with Gasteiger partial charge in [0.2, 0.25) is 0 Å². The molecule has 4 rings (SSSR count). The summed E-state index contributed by atoms with van der Waals surface area (Å²) in [6, 6.07) is 28.2. The lowest BCUT2D eigenvalue weighted by atomic mass is 10.0. The van der Waals surface area contributed by atoms with Crippen LogP contribution in [0, 0.1) is 0 Å². The molecule has 1 aromatic heterocycles. The Morgan fingerprint density at radius 2 is 1.64 bits per heavy atom. The fourth-order valence-corrected chi connectivity index (χ4v) is 3.18. The Morgan fingerprint density at radius 1 is 0.893 bits per heavy atom. The van der Waals surface area contributed by atoms with Crippen LogP contribution >= 0.6 is 11.6 Å². The van der Waals surface area contributed by atoms with Crippen LogP contribution in [0.5, 0.6) is 5.75 Å². The minimum absolute atomic E-state index is 0.448. The number of halogens is 1. The van der Waals surface area contributed by atoms with E-state index in [4.69, 9.17) is 16.3 Å². The first-order chi connectivity index (χ1) is 13.7. The summed E-state index contributed by atoms with van der Waals surface area (Å²) >= 11 is 5.95. The molecule has 28 heavy (non-hydrogen) atoms. The number of aromatic nitrogens is 1. The minimum Gasteiger partial charge on any atom is -0.487 e. The molecule has 0 aliphatic rings. The second kappa shape index (κ2) is 8.28. The molecule has 0 unspecified atom stereocenters. The second-order valence-electron chi connectivity index (χ2n) is 6.69. The van der Waals surface area contributed by atoms with Crippen molar-refractivity contribution in [3.63, 3.8) is 0 Å². The third kappa shape index (κ3) is 4.41. The Bertz CT molecular complexity index is 1120. The Labute approximate surface area is 170 Å². The van der Waals surface area contributed by atoms with Crippen molar-refractivity contribution in [2.45, 2.75) is 13.5 Å². The van der Waals surface area contributed by atoms with Crippen LogP contribution in [-0.2, 0) is 6.61 Å². The first kappa shape index (κ1) is 18.3. The molecule has 3 aromatic carbocycles. The second-order valence-corrected chi connectivity index (χ2v) is 7.12. The highest BCUT2D eigenvalue weighted by atomic mass is 35.5. The van der Waals surface area contributed by atoms with Crippen LogP contribution in [-0.4, -0.2) is 4.98 Å². The van der Waals surface area contributed by atoms with Crippen molar-refractivity contribution >= 4 is 34.2 Å². The number of allylic oxidation sites excluding steroid dienone is 1. The molecular formula is C25H20ClNO. The van der Waals surface area contributed by atoms with Crippen LogP contribution in [0.4, 0.5) is 0 Å². The van der Waals surface area contributed by atoms with E-state index in [9.17, 15) is 0 Å². The SMILES string of the molecule is C/C(=C/c1ccc(Cl)cc1)c1ccc(OCc2ccc3ccccc3n2)cc1. The zero-order chi connectivity index (χ0) is 19.3. The monoisotopic (exact) mass is 385 g/mol. The van der Waals surface area contributed by atoms with Gasteiger partial charge in [0.25, 0.3) is 0 Å². The van der Waals surface area contributed by atoms with Gasteiger partial charge in [0, 0.05) is 10.4 Å². The van der Waals surface area contributed by atoms with Crippen LogP contribution in [0.15, 0.2) is 84.9 Å². The van der Waals surface area contributed by atoms with Crippen LogP contribution in [0.2, 0.25) is 5.02 Å². The Kier molecular flexibility index (Phi) is 5.41. The molecule has 138 valence electrons. The van der Waals surface area contributed by atoms with E-state index in [0.717, 1.165) is 38.5 Å². The zero-order valence-corrected chi connectivity index (χ0v) is 16.4. The van der Waals surface area contributed by atoms with Gasteiger partial charge < -0.3 is 4.74 Å². The summed E-state index contributed by atoms with van der Waals surface area (Å²) in [4.78, 5) is 4.65. The molecule has 1 heterocycles. The first-order valence-electron chi connectivity index (χ1n) is 9.19. The Morgan fingerprint density at radius 3 is 2.43 bits per heavy atom. The predicted molar refractivity (Wildman–Crippen MR) is 118 cm³/mol. The van der Waals surface area contributed by atoms with Gasteiger partial charge in [-0.05, 0) is 60.0 Å². The smallest absolute Gasteiger partial charge is 0.130 e. The maximum absolute atomic E-state index is 5.95. The van der Waals surface area contributed by atoms with Gasteiger partial charge >= 0.3 is 0 Å². The molecule has 2 nitrogen and oxygen atoms in total. The largest absolute Gasteiger partial charge is 0.487 e. The van der Waals surface area contributed by atoms with E-state index in [1.807, 2.05) is 60.7 Å². The van der Waals surface area contributed by atoms with E-state index in [0.29, 0.717) is 6.61 Å². The van der Waals surface area contributed by atoms with Crippen LogP contribution in [0.1, 0.15) is 23.7 Å². The molecule has 0 atom stereocenters. The molecule has 0 aliphatic carbocycles. The third-order valence-corrected chi connectivity index (χ3v) is 4.86. The summed E-state index contributed by atoms with van der Waals surface area (Å²) in [5, 5.41) is 1.88. The molecule has 0 aliphatic heterocycles. The lowest BCUT2D eigenvalue weighted by Crippen LogP contribution is -1.98. The van der Waals surface area contributed by atoms with Gasteiger partial charge in [-0.1, -0.05) is 66.2 Å². The van der Waals surface area contributed by atoms with Crippen molar-refractivity contribution in [3.05, 3.63) is 107 Å². The quantitative estimate of drug-likeness (QED) is 0.344. The molecule has 0 amide bonds. The van der Waals surface area contributed by atoms with Gasteiger partial charge in [0.1, 0.15) is 12.4 Å². The van der Waals surface area contributed by atoms with Gasteiger partial charge in [-0.3, -0.25) is 0 Å². The van der Waals surface area contributed by atoms with Crippen molar-refractivity contribution in [3.8, 4) is 5.75 Å². The molecule has 0 saturated carbocycles. The van der Waals surface area contributed by atoms with Crippen LogP contribution in [0.25, 0.3) is 22.6 Å². The van der Waals surface area contributed by atoms with Crippen LogP contribution in [0.3, 0.4) is 0 Å². The van der Waals surface area contributed by atoms with Gasteiger partial charge in [-0.25, -0.2) is 4.98 Å². The van der Waals surface area contributed by atoms with Gasteiger partial charge in [0.15, 0.2) is 0 Å². The highest BCUT2D eigenvalue weighted by molar-refractivity contribution is 6.30. The number of hydrogen-bond donors (Lipinski definition) is 0. The highest BCUT2D eigenvalue weighted by Gasteiger charge is 2.02. The molecule has 0 bridgehead atoms. The highest BCUT2D eigenvalue weighted by Crippen LogP contribution is 2.22. The summed E-state index contributed by atoms with van der Waals surface area (Å²) in [6.45, 7) is 2.55. The minimum atomic E-state index is 0.448. The maximum Gasteiger partial charge on any atom is 0.130 e. The molecule has 0 radical (unpaired) electrons. The number of pyridine rings is 1. The van der Waals surface area contributed by atoms with Crippen molar-refractivity contribution in [1.29, 1.82) is 0 Å². The lowest BCUT2D eigenvalue weighted by molar-refractivity contribution is 0.302. The molecule has 0 fully saturated rings. The van der Waals surface area contributed by atoms with E-state index >= 15 is 0 Å². The van der Waals surface area contributed by atoms with Crippen LogP contribution < -0.4 is 4.74 Å². The average molecular weight is 386 g/mol. The van der Waals surface area contributed by atoms with Crippen molar-refractivity contribution in [2.24, 2.45) is 0 Å².